The van der Waals surface area contributed by atoms with Gasteiger partial charge in [0.15, 0.2) is 5.69 Å². The molecule has 197 valence electrons. The minimum Gasteiger partial charge on any atom is -0.488 e. The molecular formula is C27H24ClF6N2O. The van der Waals surface area contributed by atoms with E-state index in [2.05, 4.69) is 9.97 Å². The number of benzene rings is 2. The molecule has 0 saturated heterocycles. The number of alkyl halides is 6. The average molecular weight is 542 g/mol. The smallest absolute Gasteiger partial charge is 0.435 e. The fourth-order valence-electron chi connectivity index (χ4n) is 4.60. The molecule has 1 aliphatic rings. The van der Waals surface area contributed by atoms with Crippen LogP contribution >= 0.6 is 11.6 Å². The maximum absolute atomic E-state index is 13.7. The Balaban J connectivity index is 1.56. The monoisotopic (exact) mass is 541 g/mol. The molecule has 1 radical (unpaired) electrons. The van der Waals surface area contributed by atoms with Gasteiger partial charge >= 0.3 is 12.4 Å². The maximum atomic E-state index is 13.7. The fourth-order valence-corrected chi connectivity index (χ4v) is 4.77. The summed E-state index contributed by atoms with van der Waals surface area (Å²) in [6.07, 6.45) is -5.24. The number of rotatable bonds is 6. The third kappa shape index (κ3) is 6.55. The molecule has 0 spiro atoms. The molecule has 4 rings (SSSR count). The number of halogens is 7. The molecule has 0 aliphatic heterocycles. The number of nitrogens with zero attached hydrogens (tertiary/aromatic N) is 2. The molecule has 0 N–H and O–H groups in total. The summed E-state index contributed by atoms with van der Waals surface area (Å²) in [5, 5.41) is 0.208. The Kier molecular flexibility index (Phi) is 8.02. The Morgan fingerprint density at radius 2 is 1.73 bits per heavy atom. The van der Waals surface area contributed by atoms with Gasteiger partial charge in [0.2, 0.25) is 0 Å². The van der Waals surface area contributed by atoms with Gasteiger partial charge in [-0.1, -0.05) is 42.8 Å². The zero-order valence-electron chi connectivity index (χ0n) is 19.8. The molecule has 1 fully saturated rings. The van der Waals surface area contributed by atoms with Crippen LogP contribution in [0.5, 0.6) is 5.75 Å². The van der Waals surface area contributed by atoms with E-state index >= 15 is 0 Å². The van der Waals surface area contributed by atoms with Crippen molar-refractivity contribution in [3.8, 4) is 17.0 Å². The van der Waals surface area contributed by atoms with Gasteiger partial charge in [0.05, 0.1) is 11.6 Å². The molecule has 3 aromatic rings. The fraction of sp³-hybridized carbons (Fsp3) is 0.370. The molecule has 1 heterocycles. The average Bonchev–Trinajstić information content (AvgIpc) is 2.86. The predicted octanol–water partition coefficient (Wildman–Crippen LogP) is 8.80. The van der Waals surface area contributed by atoms with Crippen molar-refractivity contribution in [2.24, 2.45) is 5.92 Å². The van der Waals surface area contributed by atoms with E-state index in [1.807, 2.05) is 12.1 Å². The topological polar surface area (TPSA) is 35.0 Å². The van der Waals surface area contributed by atoms with Gasteiger partial charge in [0.1, 0.15) is 18.1 Å². The molecule has 10 heteroatoms. The lowest BCUT2D eigenvalue weighted by Crippen LogP contribution is -2.27. The number of ether oxygens (including phenoxy) is 1. The van der Waals surface area contributed by atoms with Gasteiger partial charge in [-0.15, -0.1) is 0 Å². The van der Waals surface area contributed by atoms with E-state index in [9.17, 15) is 26.3 Å². The first kappa shape index (κ1) is 27.2. The van der Waals surface area contributed by atoms with Crippen LogP contribution in [-0.4, -0.2) is 16.1 Å². The maximum Gasteiger partial charge on any atom is 0.435 e. The summed E-state index contributed by atoms with van der Waals surface area (Å²) in [5.41, 5.74) is 0.445. The summed E-state index contributed by atoms with van der Waals surface area (Å²) in [6.45, 7) is 1.67. The highest BCUT2D eigenvalue weighted by molar-refractivity contribution is 6.31. The summed E-state index contributed by atoms with van der Waals surface area (Å²) in [7, 11) is 0. The van der Waals surface area contributed by atoms with Crippen molar-refractivity contribution in [1.82, 2.24) is 9.97 Å². The van der Waals surface area contributed by atoms with Crippen LogP contribution in [0.2, 0.25) is 5.02 Å². The normalized spacial score (nSPS) is 18.6. The molecule has 3 nitrogen and oxygen atoms in total. The highest BCUT2D eigenvalue weighted by atomic mass is 35.5. The lowest BCUT2D eigenvalue weighted by atomic mass is 9.78. The third-order valence-electron chi connectivity index (χ3n) is 6.56. The lowest BCUT2D eigenvalue weighted by Gasteiger charge is -2.30. The van der Waals surface area contributed by atoms with Crippen LogP contribution in [0.15, 0.2) is 48.7 Å². The van der Waals surface area contributed by atoms with Crippen molar-refractivity contribution in [2.45, 2.75) is 57.5 Å². The first-order chi connectivity index (χ1) is 17.5. The van der Waals surface area contributed by atoms with Crippen LogP contribution < -0.4 is 4.74 Å². The van der Waals surface area contributed by atoms with Crippen molar-refractivity contribution >= 4 is 11.6 Å². The van der Waals surface area contributed by atoms with Crippen molar-refractivity contribution in [3.05, 3.63) is 82.6 Å². The van der Waals surface area contributed by atoms with Crippen molar-refractivity contribution in [3.63, 3.8) is 0 Å². The number of hydrogen-bond acceptors (Lipinski definition) is 3. The molecule has 0 atom stereocenters. The minimum atomic E-state index is -4.74. The molecule has 1 saturated carbocycles. The van der Waals surface area contributed by atoms with E-state index in [0.29, 0.717) is 12.8 Å². The second kappa shape index (κ2) is 10.9. The van der Waals surface area contributed by atoms with E-state index in [-0.39, 0.29) is 47.4 Å². The lowest BCUT2D eigenvalue weighted by molar-refractivity contribution is -0.182. The molecule has 0 bridgehead atoms. The van der Waals surface area contributed by atoms with Crippen molar-refractivity contribution < 1.29 is 31.1 Å². The predicted molar refractivity (Wildman–Crippen MR) is 128 cm³/mol. The van der Waals surface area contributed by atoms with Gasteiger partial charge in [-0.3, -0.25) is 0 Å². The number of aromatic nitrogens is 2. The molecular weight excluding hydrogens is 518 g/mol. The first-order valence-corrected chi connectivity index (χ1v) is 12.2. The molecule has 2 aromatic carbocycles. The summed E-state index contributed by atoms with van der Waals surface area (Å²) < 4.78 is 86.1. The highest BCUT2D eigenvalue weighted by Crippen LogP contribution is 2.43. The van der Waals surface area contributed by atoms with Crippen LogP contribution in [0.4, 0.5) is 26.3 Å². The standard InChI is InChI=1S/C27H24ClF6N2O/c1-2-21-14-35-25(27(32,33)34)24(36-21)22-13-20(28)10-11-23(22)37-15-16-4-3-5-18(12-16)17-6-8-19(9-7-17)26(29,30)31/h2-5,10-14,17,19H,6-9,15H2,1H3. The Bertz CT molecular complexity index is 1240. The largest absolute Gasteiger partial charge is 0.488 e. The van der Waals surface area contributed by atoms with Crippen molar-refractivity contribution in [1.29, 1.82) is 0 Å². The van der Waals surface area contributed by atoms with Gasteiger partial charge in [-0.25, -0.2) is 9.97 Å². The van der Waals surface area contributed by atoms with E-state index in [4.69, 9.17) is 16.3 Å². The zero-order valence-corrected chi connectivity index (χ0v) is 20.6. The Hall–Kier alpha value is -2.81. The highest BCUT2D eigenvalue weighted by Gasteiger charge is 2.41. The summed E-state index contributed by atoms with van der Waals surface area (Å²) >= 11 is 6.11. The Labute approximate surface area is 215 Å². The summed E-state index contributed by atoms with van der Waals surface area (Å²) in [6, 6.07) is 11.7. The van der Waals surface area contributed by atoms with Gasteiger partial charge in [-0.05, 0) is 60.9 Å². The zero-order chi connectivity index (χ0) is 26.8. The van der Waals surface area contributed by atoms with E-state index in [1.54, 1.807) is 19.1 Å². The van der Waals surface area contributed by atoms with Gasteiger partial charge < -0.3 is 4.74 Å². The summed E-state index contributed by atoms with van der Waals surface area (Å²) in [4.78, 5) is 7.71. The van der Waals surface area contributed by atoms with Crippen molar-refractivity contribution in [2.75, 3.05) is 0 Å². The Morgan fingerprint density at radius 3 is 2.38 bits per heavy atom. The van der Waals surface area contributed by atoms with E-state index < -0.39 is 29.7 Å². The SMILES string of the molecule is C[CH]c1cnc(C(F)(F)F)c(-c2cc(Cl)ccc2OCc2cccc(C3CCC(C(F)(F)F)CC3)c2)n1. The van der Waals surface area contributed by atoms with Crippen LogP contribution in [0, 0.1) is 12.3 Å². The minimum absolute atomic E-state index is 0.0160. The van der Waals surface area contributed by atoms with E-state index in [0.717, 1.165) is 17.3 Å². The van der Waals surface area contributed by atoms with Gasteiger partial charge in [0.25, 0.3) is 0 Å². The summed E-state index contributed by atoms with van der Waals surface area (Å²) in [5.74, 6) is -1.09. The molecule has 37 heavy (non-hydrogen) atoms. The van der Waals surface area contributed by atoms with E-state index in [1.165, 1.54) is 24.6 Å². The molecule has 0 unspecified atom stereocenters. The molecule has 1 aliphatic carbocycles. The molecule has 0 amide bonds. The Morgan fingerprint density at radius 1 is 1.00 bits per heavy atom. The first-order valence-electron chi connectivity index (χ1n) is 11.8. The second-order valence-corrected chi connectivity index (χ2v) is 9.48. The third-order valence-corrected chi connectivity index (χ3v) is 6.79. The van der Waals surface area contributed by atoms with Crippen LogP contribution in [0.3, 0.4) is 0 Å². The van der Waals surface area contributed by atoms with Gasteiger partial charge in [-0.2, -0.15) is 26.3 Å². The van der Waals surface area contributed by atoms with Crippen LogP contribution in [-0.2, 0) is 12.8 Å². The quantitative estimate of drug-likeness (QED) is 0.292. The second-order valence-electron chi connectivity index (χ2n) is 9.04. The van der Waals surface area contributed by atoms with Crippen LogP contribution in [0.1, 0.15) is 61.0 Å². The van der Waals surface area contributed by atoms with Gasteiger partial charge in [0, 0.05) is 23.2 Å². The van der Waals surface area contributed by atoms with Crippen LogP contribution in [0.25, 0.3) is 11.3 Å². The molecule has 1 aromatic heterocycles. The number of hydrogen-bond donors (Lipinski definition) is 0.